The van der Waals surface area contributed by atoms with Gasteiger partial charge in [0.05, 0.1) is 0 Å². The number of pyridine rings is 1. The smallest absolute Gasteiger partial charge is 0.322 e. The number of piperidine rings is 1. The number of nitrogens with zero attached hydrogens (tertiary/aromatic N) is 2. The molecule has 1 saturated carbocycles. The molecule has 138 valence electrons. The molecule has 2 aliphatic heterocycles. The second-order valence-electron chi connectivity index (χ2n) is 7.52. The number of carbonyl (C=O) groups is 3. The van der Waals surface area contributed by atoms with E-state index < -0.39 is 11.6 Å². The van der Waals surface area contributed by atoms with Gasteiger partial charge >= 0.3 is 6.03 Å². The van der Waals surface area contributed by atoms with Crippen molar-refractivity contribution in [1.29, 1.82) is 0 Å². The molecule has 26 heavy (non-hydrogen) atoms. The summed E-state index contributed by atoms with van der Waals surface area (Å²) in [5.41, 5.74) is -0.221. The fourth-order valence-electron chi connectivity index (χ4n) is 3.76. The van der Waals surface area contributed by atoms with E-state index in [9.17, 15) is 14.4 Å². The van der Waals surface area contributed by atoms with E-state index >= 15 is 0 Å². The van der Waals surface area contributed by atoms with Gasteiger partial charge < -0.3 is 15.5 Å². The zero-order chi connectivity index (χ0) is 18.3. The van der Waals surface area contributed by atoms with E-state index in [1.807, 2.05) is 6.07 Å². The summed E-state index contributed by atoms with van der Waals surface area (Å²) in [4.78, 5) is 42.3. The average Bonchev–Trinajstić information content (AvgIpc) is 3.41. The normalized spacial score (nSPS) is 26.4. The minimum absolute atomic E-state index is 0.0520. The van der Waals surface area contributed by atoms with Crippen LogP contribution in [0.25, 0.3) is 0 Å². The Balaban J connectivity index is 1.41. The van der Waals surface area contributed by atoms with E-state index in [1.54, 1.807) is 19.2 Å². The van der Waals surface area contributed by atoms with Gasteiger partial charge in [-0.2, -0.15) is 0 Å². The van der Waals surface area contributed by atoms with Crippen LogP contribution in [-0.4, -0.2) is 47.5 Å². The van der Waals surface area contributed by atoms with Gasteiger partial charge in [0.1, 0.15) is 11.4 Å². The summed E-state index contributed by atoms with van der Waals surface area (Å²) in [6, 6.07) is 3.45. The van der Waals surface area contributed by atoms with Crippen molar-refractivity contribution in [1.82, 2.24) is 20.9 Å². The van der Waals surface area contributed by atoms with Crippen LogP contribution >= 0.6 is 0 Å². The first-order valence-corrected chi connectivity index (χ1v) is 9.11. The van der Waals surface area contributed by atoms with Crippen LogP contribution in [0, 0.1) is 5.92 Å². The summed E-state index contributed by atoms with van der Waals surface area (Å²) in [5, 5.41) is 8.08. The molecule has 0 aromatic carbocycles. The molecule has 2 saturated heterocycles. The second kappa shape index (κ2) is 6.26. The van der Waals surface area contributed by atoms with Gasteiger partial charge in [-0.15, -0.1) is 0 Å². The number of rotatable bonds is 4. The number of hydrogen-bond donors (Lipinski definition) is 3. The van der Waals surface area contributed by atoms with Crippen molar-refractivity contribution in [3.63, 3.8) is 0 Å². The number of imide groups is 1. The lowest BCUT2D eigenvalue weighted by Gasteiger charge is -2.39. The van der Waals surface area contributed by atoms with Crippen LogP contribution < -0.4 is 20.9 Å². The Morgan fingerprint density at radius 2 is 2.00 bits per heavy atom. The van der Waals surface area contributed by atoms with E-state index in [0.717, 1.165) is 44.6 Å². The maximum absolute atomic E-state index is 12.2. The molecule has 1 aromatic rings. The highest BCUT2D eigenvalue weighted by Gasteiger charge is 2.48. The molecule has 8 heteroatoms. The molecule has 3 heterocycles. The highest BCUT2D eigenvalue weighted by molar-refractivity contribution is 6.07. The van der Waals surface area contributed by atoms with Gasteiger partial charge in [-0.1, -0.05) is 0 Å². The number of nitrogens with one attached hydrogen (secondary N) is 3. The van der Waals surface area contributed by atoms with Gasteiger partial charge in [0.15, 0.2) is 0 Å². The molecule has 4 rings (SSSR count). The highest BCUT2D eigenvalue weighted by atomic mass is 16.2. The molecule has 3 fully saturated rings. The summed E-state index contributed by atoms with van der Waals surface area (Å²) < 4.78 is 0. The third kappa shape index (κ3) is 3.11. The van der Waals surface area contributed by atoms with Crippen molar-refractivity contribution in [2.24, 2.45) is 5.92 Å². The fourth-order valence-corrected chi connectivity index (χ4v) is 3.76. The average molecular weight is 357 g/mol. The van der Waals surface area contributed by atoms with E-state index in [0.29, 0.717) is 11.6 Å². The molecule has 0 unspecified atom stereocenters. The van der Waals surface area contributed by atoms with Crippen LogP contribution in [0.3, 0.4) is 0 Å². The van der Waals surface area contributed by atoms with Crippen molar-refractivity contribution in [3.8, 4) is 0 Å². The monoisotopic (exact) mass is 357 g/mol. The highest BCUT2D eigenvalue weighted by Crippen LogP contribution is 2.32. The Bertz CT molecular complexity index is 755. The van der Waals surface area contributed by atoms with Gasteiger partial charge in [0.2, 0.25) is 0 Å². The Morgan fingerprint density at radius 3 is 2.62 bits per heavy atom. The third-order valence-electron chi connectivity index (χ3n) is 5.63. The number of hydrogen-bond acceptors (Lipinski definition) is 5. The van der Waals surface area contributed by atoms with E-state index in [-0.39, 0.29) is 17.7 Å². The SMILES string of the molecule is C[C@]1(C2CCN(c3cc(C(=O)NC4CC4)ccn3)CC2)NC(=O)NC1=O. The van der Waals surface area contributed by atoms with Gasteiger partial charge in [-0.05, 0) is 50.7 Å². The first kappa shape index (κ1) is 16.8. The van der Waals surface area contributed by atoms with Gasteiger partial charge in [-0.25, -0.2) is 9.78 Å². The molecule has 1 aromatic heterocycles. The lowest BCUT2D eigenvalue weighted by Crippen LogP contribution is -2.53. The lowest BCUT2D eigenvalue weighted by atomic mass is 9.79. The van der Waals surface area contributed by atoms with Crippen LogP contribution in [0.4, 0.5) is 10.6 Å². The number of anilines is 1. The molecule has 1 aliphatic carbocycles. The van der Waals surface area contributed by atoms with Crippen LogP contribution in [0.1, 0.15) is 43.0 Å². The molecule has 0 bridgehead atoms. The van der Waals surface area contributed by atoms with Crippen LogP contribution in [0.2, 0.25) is 0 Å². The molecule has 0 spiro atoms. The first-order valence-electron chi connectivity index (χ1n) is 9.11. The molecular formula is C18H23N5O3. The van der Waals surface area contributed by atoms with Gasteiger partial charge in [-0.3, -0.25) is 14.9 Å². The Labute approximate surface area is 151 Å². The number of carbonyl (C=O) groups excluding carboxylic acids is 3. The molecular weight excluding hydrogens is 334 g/mol. The summed E-state index contributed by atoms with van der Waals surface area (Å²) >= 11 is 0. The van der Waals surface area contributed by atoms with Gasteiger partial charge in [0, 0.05) is 30.9 Å². The zero-order valence-electron chi connectivity index (χ0n) is 14.7. The molecule has 3 N–H and O–H groups in total. The predicted molar refractivity (Wildman–Crippen MR) is 94.7 cm³/mol. The zero-order valence-corrected chi connectivity index (χ0v) is 14.7. The molecule has 8 nitrogen and oxygen atoms in total. The van der Waals surface area contributed by atoms with Crippen molar-refractivity contribution < 1.29 is 14.4 Å². The lowest BCUT2D eigenvalue weighted by molar-refractivity contribution is -0.125. The maximum Gasteiger partial charge on any atom is 0.322 e. The van der Waals surface area contributed by atoms with Crippen LogP contribution in [0.15, 0.2) is 18.3 Å². The quantitative estimate of drug-likeness (QED) is 0.691. The minimum atomic E-state index is -0.845. The van der Waals surface area contributed by atoms with E-state index in [4.69, 9.17) is 0 Å². The van der Waals surface area contributed by atoms with E-state index in [2.05, 4.69) is 25.8 Å². The molecule has 1 atom stereocenters. The van der Waals surface area contributed by atoms with Crippen molar-refractivity contribution in [3.05, 3.63) is 23.9 Å². The van der Waals surface area contributed by atoms with Gasteiger partial charge in [0.25, 0.3) is 11.8 Å². The van der Waals surface area contributed by atoms with Crippen molar-refractivity contribution in [2.75, 3.05) is 18.0 Å². The fraction of sp³-hybridized carbons (Fsp3) is 0.556. The molecule has 4 amide bonds. The molecule has 0 radical (unpaired) electrons. The summed E-state index contributed by atoms with van der Waals surface area (Å²) in [5.74, 6) is 0.546. The first-order chi connectivity index (χ1) is 12.5. The maximum atomic E-state index is 12.2. The third-order valence-corrected chi connectivity index (χ3v) is 5.63. The van der Waals surface area contributed by atoms with Crippen molar-refractivity contribution in [2.45, 2.75) is 44.2 Å². The second-order valence-corrected chi connectivity index (χ2v) is 7.52. The van der Waals surface area contributed by atoms with Crippen LogP contribution in [0.5, 0.6) is 0 Å². The van der Waals surface area contributed by atoms with Crippen molar-refractivity contribution >= 4 is 23.7 Å². The summed E-state index contributed by atoms with van der Waals surface area (Å²) in [7, 11) is 0. The predicted octanol–water partition coefficient (Wildman–Crippen LogP) is 0.788. The van der Waals surface area contributed by atoms with Crippen LogP contribution in [-0.2, 0) is 4.79 Å². The Hall–Kier alpha value is -2.64. The standard InChI is InChI=1S/C18H23N5O3/c1-18(16(25)21-17(26)22-18)12-5-8-23(9-6-12)14-10-11(4-7-19-14)15(24)20-13-2-3-13/h4,7,10,12-13H,2-3,5-6,8-9H2,1H3,(H,20,24)(H2,21,22,25,26)/t18-/m1/s1. The molecule has 3 aliphatic rings. The number of urea groups is 1. The topological polar surface area (TPSA) is 103 Å². The number of aromatic nitrogens is 1. The summed E-state index contributed by atoms with van der Waals surface area (Å²) in [6.45, 7) is 3.24. The number of amides is 4. The summed E-state index contributed by atoms with van der Waals surface area (Å²) in [6.07, 6.45) is 5.31. The largest absolute Gasteiger partial charge is 0.357 e. The minimum Gasteiger partial charge on any atom is -0.357 e. The van der Waals surface area contributed by atoms with E-state index in [1.165, 1.54) is 0 Å². The Morgan fingerprint density at radius 1 is 1.27 bits per heavy atom. The Kier molecular flexibility index (Phi) is 4.05.